The molecule has 0 aromatic heterocycles. The number of carbonyl (C=O) groups excluding carboxylic acids is 1. The smallest absolute Gasteiger partial charge is 0.314 e. The van der Waals surface area contributed by atoms with Gasteiger partial charge in [0.2, 0.25) is 0 Å². The van der Waals surface area contributed by atoms with E-state index in [1.807, 2.05) is 12.1 Å². The van der Waals surface area contributed by atoms with Crippen molar-refractivity contribution in [3.8, 4) is 0 Å². The molecule has 2 unspecified atom stereocenters. The molecule has 2 aromatic carbocycles. The second-order valence-corrected chi connectivity index (χ2v) is 6.99. The van der Waals surface area contributed by atoms with Gasteiger partial charge >= 0.3 is 5.97 Å². The molecule has 0 bridgehead atoms. The van der Waals surface area contributed by atoms with E-state index < -0.39 is 0 Å². The molecule has 1 heterocycles. The fourth-order valence-corrected chi connectivity index (χ4v) is 3.89. The largest absolute Gasteiger partial charge is 0.469 e. The van der Waals surface area contributed by atoms with Gasteiger partial charge in [-0.3, -0.25) is 9.69 Å². The zero-order chi connectivity index (χ0) is 17.8. The highest BCUT2D eigenvalue weighted by Crippen LogP contribution is 2.32. The van der Waals surface area contributed by atoms with Crippen LogP contribution >= 0.6 is 0 Å². The van der Waals surface area contributed by atoms with Gasteiger partial charge in [0.25, 0.3) is 0 Å². The van der Waals surface area contributed by atoms with Gasteiger partial charge in [0, 0.05) is 19.1 Å². The molecule has 2 aromatic rings. The number of hydrogen-bond acceptors (Lipinski definition) is 4. The van der Waals surface area contributed by atoms with Crippen LogP contribution in [0.1, 0.15) is 25.3 Å². The van der Waals surface area contributed by atoms with Gasteiger partial charge in [0.05, 0.1) is 26.2 Å². The molecular weight excluding hydrogens is 314 g/mol. The number of rotatable bonds is 5. The number of morpholine rings is 1. The summed E-state index contributed by atoms with van der Waals surface area (Å²) in [5.74, 6) is -0.137. The molecule has 3 rings (SSSR count). The number of methoxy groups -OCH3 is 1. The van der Waals surface area contributed by atoms with Crippen molar-refractivity contribution in [1.82, 2.24) is 4.90 Å². The van der Waals surface area contributed by atoms with Crippen molar-refractivity contribution >= 4 is 16.7 Å². The Bertz CT molecular complexity index is 722. The summed E-state index contributed by atoms with van der Waals surface area (Å²) >= 11 is 0. The Kier molecular flexibility index (Phi) is 5.71. The zero-order valence-electron chi connectivity index (χ0n) is 15.3. The van der Waals surface area contributed by atoms with Crippen LogP contribution in [0.15, 0.2) is 42.5 Å². The van der Waals surface area contributed by atoms with Crippen LogP contribution in [0.4, 0.5) is 0 Å². The average Bonchev–Trinajstić information content (AvgIpc) is 2.65. The lowest BCUT2D eigenvalue weighted by molar-refractivity contribution is -0.145. The molecule has 4 nitrogen and oxygen atoms in total. The Hall–Kier alpha value is -1.91. The maximum absolute atomic E-state index is 12.8. The van der Waals surface area contributed by atoms with E-state index in [0.717, 1.165) is 37.3 Å². The number of carbonyl (C=O) groups is 1. The minimum Gasteiger partial charge on any atom is -0.469 e. The average molecular weight is 341 g/mol. The van der Waals surface area contributed by atoms with Gasteiger partial charge in [0.15, 0.2) is 0 Å². The van der Waals surface area contributed by atoms with Crippen LogP contribution in [0.2, 0.25) is 0 Å². The van der Waals surface area contributed by atoms with Crippen LogP contribution in [0.25, 0.3) is 10.8 Å². The summed E-state index contributed by atoms with van der Waals surface area (Å²) in [6.07, 6.45) is 0. The monoisotopic (exact) mass is 341 g/mol. The van der Waals surface area contributed by atoms with Crippen LogP contribution in [-0.4, -0.2) is 50.3 Å². The Balaban J connectivity index is 2.02. The zero-order valence-corrected chi connectivity index (χ0v) is 15.3. The highest BCUT2D eigenvalue weighted by Gasteiger charge is 2.37. The minimum absolute atomic E-state index is 0.0949. The molecule has 0 radical (unpaired) electrons. The standard InChI is InChI=1S/C21H27NO3/c1-15(2)20(22-10-12-25-13-11-22)19(21(23)24-3)18-9-8-16-6-4-5-7-17(16)14-18/h4-9,14-15,19-20H,10-13H2,1-3H3. The van der Waals surface area contributed by atoms with E-state index in [-0.39, 0.29) is 17.9 Å². The molecule has 1 fully saturated rings. The predicted octanol–water partition coefficient (Wildman–Crippen LogP) is 3.45. The van der Waals surface area contributed by atoms with E-state index in [1.54, 1.807) is 0 Å². The van der Waals surface area contributed by atoms with E-state index in [2.05, 4.69) is 49.1 Å². The molecule has 0 N–H and O–H groups in total. The van der Waals surface area contributed by atoms with E-state index in [1.165, 1.54) is 12.5 Å². The van der Waals surface area contributed by atoms with Gasteiger partial charge in [-0.25, -0.2) is 0 Å². The van der Waals surface area contributed by atoms with Crippen LogP contribution in [0.5, 0.6) is 0 Å². The topological polar surface area (TPSA) is 38.8 Å². The number of fused-ring (bicyclic) bond motifs is 1. The van der Waals surface area contributed by atoms with Crippen molar-refractivity contribution in [2.24, 2.45) is 5.92 Å². The van der Waals surface area contributed by atoms with Crippen LogP contribution in [-0.2, 0) is 14.3 Å². The quantitative estimate of drug-likeness (QED) is 0.781. The first-order chi connectivity index (χ1) is 12.1. The van der Waals surface area contributed by atoms with Crippen LogP contribution in [0, 0.1) is 5.92 Å². The molecule has 0 saturated carbocycles. The molecule has 0 spiro atoms. The van der Waals surface area contributed by atoms with Gasteiger partial charge in [0.1, 0.15) is 0 Å². The molecule has 25 heavy (non-hydrogen) atoms. The number of benzene rings is 2. The van der Waals surface area contributed by atoms with E-state index in [9.17, 15) is 4.79 Å². The first kappa shape index (κ1) is 17.9. The van der Waals surface area contributed by atoms with Crippen LogP contribution < -0.4 is 0 Å². The number of hydrogen-bond donors (Lipinski definition) is 0. The van der Waals surface area contributed by atoms with E-state index in [4.69, 9.17) is 9.47 Å². The summed E-state index contributed by atoms with van der Waals surface area (Å²) in [6, 6.07) is 14.6. The maximum atomic E-state index is 12.8. The molecule has 2 atom stereocenters. The predicted molar refractivity (Wildman–Crippen MR) is 99.7 cm³/mol. The summed E-state index contributed by atoms with van der Waals surface area (Å²) in [4.78, 5) is 15.1. The first-order valence-corrected chi connectivity index (χ1v) is 9.00. The van der Waals surface area contributed by atoms with E-state index in [0.29, 0.717) is 5.92 Å². The van der Waals surface area contributed by atoms with Crippen molar-refractivity contribution in [1.29, 1.82) is 0 Å². The third-order valence-electron chi connectivity index (χ3n) is 5.08. The molecule has 4 heteroatoms. The Labute approximate surface area is 149 Å². The SMILES string of the molecule is COC(=O)C(c1ccc2ccccc2c1)C(C(C)C)N1CCOCC1. The lowest BCUT2D eigenvalue weighted by Crippen LogP contribution is -2.50. The summed E-state index contributed by atoms with van der Waals surface area (Å²) < 4.78 is 10.7. The second kappa shape index (κ2) is 7.98. The Morgan fingerprint density at radius 1 is 1.08 bits per heavy atom. The van der Waals surface area contributed by atoms with Crippen molar-refractivity contribution < 1.29 is 14.3 Å². The van der Waals surface area contributed by atoms with Crippen molar-refractivity contribution in [2.45, 2.75) is 25.8 Å². The number of esters is 1. The fourth-order valence-electron chi connectivity index (χ4n) is 3.89. The normalized spacial score (nSPS) is 18.2. The van der Waals surface area contributed by atoms with E-state index >= 15 is 0 Å². The third-order valence-corrected chi connectivity index (χ3v) is 5.08. The summed E-state index contributed by atoms with van der Waals surface area (Å²) in [7, 11) is 1.48. The molecule has 1 aliphatic heterocycles. The lowest BCUT2D eigenvalue weighted by Gasteiger charge is -2.40. The fraction of sp³-hybridized carbons (Fsp3) is 0.476. The second-order valence-electron chi connectivity index (χ2n) is 6.99. The number of nitrogens with zero attached hydrogens (tertiary/aromatic N) is 1. The van der Waals surface area contributed by atoms with Gasteiger partial charge in [-0.05, 0) is 22.3 Å². The lowest BCUT2D eigenvalue weighted by atomic mass is 9.83. The summed E-state index contributed by atoms with van der Waals surface area (Å²) in [5.41, 5.74) is 1.02. The summed E-state index contributed by atoms with van der Waals surface area (Å²) in [5, 5.41) is 2.33. The Morgan fingerprint density at radius 3 is 2.40 bits per heavy atom. The molecule has 1 saturated heterocycles. The molecule has 0 amide bonds. The van der Waals surface area contributed by atoms with Gasteiger partial charge in [-0.1, -0.05) is 56.3 Å². The summed E-state index contributed by atoms with van der Waals surface area (Å²) in [6.45, 7) is 7.49. The Morgan fingerprint density at radius 2 is 1.76 bits per heavy atom. The minimum atomic E-state index is -0.298. The van der Waals surface area contributed by atoms with Crippen molar-refractivity contribution in [3.05, 3.63) is 48.0 Å². The van der Waals surface area contributed by atoms with Gasteiger partial charge in [-0.2, -0.15) is 0 Å². The highest BCUT2D eigenvalue weighted by atomic mass is 16.5. The maximum Gasteiger partial charge on any atom is 0.314 e. The van der Waals surface area contributed by atoms with Gasteiger partial charge in [-0.15, -0.1) is 0 Å². The molecular formula is C21H27NO3. The highest BCUT2D eigenvalue weighted by molar-refractivity contribution is 5.86. The van der Waals surface area contributed by atoms with Gasteiger partial charge < -0.3 is 9.47 Å². The number of ether oxygens (including phenoxy) is 2. The first-order valence-electron chi connectivity index (χ1n) is 9.00. The molecule has 0 aliphatic carbocycles. The van der Waals surface area contributed by atoms with Crippen molar-refractivity contribution in [2.75, 3.05) is 33.4 Å². The molecule has 134 valence electrons. The third kappa shape index (κ3) is 3.86. The van der Waals surface area contributed by atoms with Crippen LogP contribution in [0.3, 0.4) is 0 Å². The molecule has 1 aliphatic rings. The van der Waals surface area contributed by atoms with Crippen molar-refractivity contribution in [3.63, 3.8) is 0 Å².